The minimum atomic E-state index is -4.80. The first-order valence-corrected chi connectivity index (χ1v) is 7.37. The van der Waals surface area contributed by atoms with Crippen LogP contribution in [0.25, 0.3) is 22.4 Å². The summed E-state index contributed by atoms with van der Waals surface area (Å²) in [6.45, 7) is 0. The fourth-order valence-electron chi connectivity index (χ4n) is 2.35. The molecule has 0 radical (unpaired) electrons. The van der Waals surface area contributed by atoms with E-state index < -0.39 is 12.3 Å². The molecular weight excluding hydrogens is 351 g/mol. The molecule has 0 fully saturated rings. The zero-order valence-electron chi connectivity index (χ0n) is 13.4. The van der Waals surface area contributed by atoms with Crippen molar-refractivity contribution in [1.29, 1.82) is 0 Å². The van der Waals surface area contributed by atoms with Crippen molar-refractivity contribution in [3.63, 3.8) is 0 Å². The molecule has 0 spiro atoms. The molecule has 0 aliphatic heterocycles. The quantitative estimate of drug-likeness (QED) is 0.629. The number of methoxy groups -OCH3 is 1. The van der Waals surface area contributed by atoms with E-state index in [9.17, 15) is 18.0 Å². The highest BCUT2D eigenvalue weighted by atomic mass is 19.4. The van der Waals surface area contributed by atoms with Crippen LogP contribution >= 0.6 is 0 Å². The Morgan fingerprint density at radius 2 is 1.81 bits per heavy atom. The Balaban J connectivity index is 1.98. The van der Waals surface area contributed by atoms with Gasteiger partial charge in [0.15, 0.2) is 0 Å². The van der Waals surface area contributed by atoms with Crippen LogP contribution in [0.3, 0.4) is 0 Å². The molecule has 0 amide bonds. The molecule has 0 saturated heterocycles. The molecule has 2 aromatic carbocycles. The maximum absolute atomic E-state index is 12.6. The Morgan fingerprint density at radius 1 is 1.08 bits per heavy atom. The number of esters is 1. The van der Waals surface area contributed by atoms with Crippen LogP contribution in [0.1, 0.15) is 10.7 Å². The van der Waals surface area contributed by atoms with Crippen molar-refractivity contribution in [3.8, 4) is 28.1 Å². The van der Waals surface area contributed by atoms with Crippen molar-refractivity contribution in [3.05, 3.63) is 60.7 Å². The van der Waals surface area contributed by atoms with E-state index >= 15 is 0 Å². The van der Waals surface area contributed by atoms with Gasteiger partial charge in [-0.25, -0.2) is 9.78 Å². The number of oxazole rings is 1. The smallest absolute Gasteiger partial charge is 0.462 e. The second kappa shape index (κ2) is 6.91. The second-order valence-electron chi connectivity index (χ2n) is 5.15. The monoisotopic (exact) mass is 363 g/mol. The molecule has 3 rings (SSSR count). The Kier molecular flexibility index (Phi) is 4.66. The standard InChI is InChI=1S/C18H12F3NO4/c1-24-17(23)16-22-14(10-25-16)12-6-4-5-11(9-12)13-7-2-3-8-15(13)26-18(19,20)21/h2-10H,1H3. The van der Waals surface area contributed by atoms with Gasteiger partial charge in [0.05, 0.1) is 7.11 Å². The first-order chi connectivity index (χ1) is 12.4. The molecule has 0 unspecified atom stereocenters. The van der Waals surface area contributed by atoms with Crippen LogP contribution in [0.4, 0.5) is 13.2 Å². The molecule has 0 atom stereocenters. The van der Waals surface area contributed by atoms with Gasteiger partial charge in [0, 0.05) is 11.1 Å². The molecule has 0 bridgehead atoms. The normalized spacial score (nSPS) is 11.2. The van der Waals surface area contributed by atoms with E-state index in [1.165, 1.54) is 31.6 Å². The van der Waals surface area contributed by atoms with Gasteiger partial charge in [-0.15, -0.1) is 13.2 Å². The van der Waals surface area contributed by atoms with Crippen LogP contribution in [-0.2, 0) is 4.74 Å². The molecule has 3 aromatic rings. The van der Waals surface area contributed by atoms with Crippen molar-refractivity contribution >= 4 is 5.97 Å². The minimum Gasteiger partial charge on any atom is -0.462 e. The third kappa shape index (κ3) is 3.85. The lowest BCUT2D eigenvalue weighted by Crippen LogP contribution is -2.17. The fourth-order valence-corrected chi connectivity index (χ4v) is 2.35. The number of hydrogen-bond donors (Lipinski definition) is 0. The summed E-state index contributed by atoms with van der Waals surface area (Å²) in [5.41, 5.74) is 1.66. The van der Waals surface area contributed by atoms with E-state index in [0.29, 0.717) is 16.8 Å². The average molecular weight is 363 g/mol. The summed E-state index contributed by atoms with van der Waals surface area (Å²) in [6.07, 6.45) is -3.53. The summed E-state index contributed by atoms with van der Waals surface area (Å²) in [4.78, 5) is 15.4. The summed E-state index contributed by atoms with van der Waals surface area (Å²) in [5.74, 6) is -1.25. The topological polar surface area (TPSA) is 61.6 Å². The Bertz CT molecular complexity index is 934. The summed E-state index contributed by atoms with van der Waals surface area (Å²) >= 11 is 0. The predicted molar refractivity (Wildman–Crippen MR) is 85.4 cm³/mol. The van der Waals surface area contributed by atoms with Gasteiger partial charge in [0.2, 0.25) is 0 Å². The van der Waals surface area contributed by atoms with Crippen molar-refractivity contribution in [2.75, 3.05) is 7.11 Å². The SMILES string of the molecule is COC(=O)c1nc(-c2cccc(-c3ccccc3OC(F)(F)F)c2)co1. The predicted octanol–water partition coefficient (Wildman–Crippen LogP) is 4.69. The molecule has 134 valence electrons. The first-order valence-electron chi connectivity index (χ1n) is 7.37. The molecule has 5 nitrogen and oxygen atoms in total. The minimum absolute atomic E-state index is 0.214. The number of nitrogens with zero attached hydrogens (tertiary/aromatic N) is 1. The van der Waals surface area contributed by atoms with Crippen LogP contribution in [-0.4, -0.2) is 24.4 Å². The Morgan fingerprint density at radius 3 is 2.54 bits per heavy atom. The van der Waals surface area contributed by atoms with Crippen molar-refractivity contribution < 1.29 is 31.9 Å². The van der Waals surface area contributed by atoms with E-state index in [1.54, 1.807) is 30.3 Å². The largest absolute Gasteiger partial charge is 0.573 e. The van der Waals surface area contributed by atoms with Crippen LogP contribution in [0.5, 0.6) is 5.75 Å². The number of alkyl halides is 3. The highest BCUT2D eigenvalue weighted by Crippen LogP contribution is 2.35. The van der Waals surface area contributed by atoms with E-state index in [4.69, 9.17) is 4.42 Å². The zero-order valence-corrected chi connectivity index (χ0v) is 13.4. The van der Waals surface area contributed by atoms with Gasteiger partial charge in [-0.3, -0.25) is 0 Å². The van der Waals surface area contributed by atoms with Gasteiger partial charge in [0.25, 0.3) is 0 Å². The molecule has 0 aliphatic carbocycles. The molecule has 26 heavy (non-hydrogen) atoms. The molecule has 8 heteroatoms. The summed E-state index contributed by atoms with van der Waals surface area (Å²) in [7, 11) is 1.20. The van der Waals surface area contributed by atoms with Gasteiger partial charge < -0.3 is 13.9 Å². The van der Waals surface area contributed by atoms with E-state index in [2.05, 4.69) is 14.5 Å². The first kappa shape index (κ1) is 17.5. The van der Waals surface area contributed by atoms with Gasteiger partial charge >= 0.3 is 18.2 Å². The number of rotatable bonds is 4. The number of aromatic nitrogens is 1. The van der Waals surface area contributed by atoms with Gasteiger partial charge in [0.1, 0.15) is 17.7 Å². The molecular formula is C18H12F3NO4. The van der Waals surface area contributed by atoms with Gasteiger partial charge in [-0.2, -0.15) is 0 Å². The van der Waals surface area contributed by atoms with Crippen LogP contribution in [0.15, 0.2) is 59.2 Å². The number of ether oxygens (including phenoxy) is 2. The summed E-state index contributed by atoms with van der Waals surface area (Å²) < 4.78 is 51.5. The van der Waals surface area contributed by atoms with Crippen molar-refractivity contribution in [1.82, 2.24) is 4.98 Å². The number of carbonyl (C=O) groups excluding carboxylic acids is 1. The third-order valence-corrected chi connectivity index (χ3v) is 3.45. The number of carbonyl (C=O) groups is 1. The second-order valence-corrected chi connectivity index (χ2v) is 5.15. The summed E-state index contributed by atoms with van der Waals surface area (Å²) in [5, 5.41) is 0. The zero-order chi connectivity index (χ0) is 18.7. The van der Waals surface area contributed by atoms with Crippen LogP contribution in [0.2, 0.25) is 0 Å². The average Bonchev–Trinajstić information content (AvgIpc) is 3.10. The van der Waals surface area contributed by atoms with Crippen molar-refractivity contribution in [2.24, 2.45) is 0 Å². The number of hydrogen-bond acceptors (Lipinski definition) is 5. The highest BCUT2D eigenvalue weighted by molar-refractivity contribution is 5.85. The van der Waals surface area contributed by atoms with Gasteiger partial charge in [-0.1, -0.05) is 36.4 Å². The lowest BCUT2D eigenvalue weighted by atomic mass is 10.0. The van der Waals surface area contributed by atoms with Crippen LogP contribution in [0, 0.1) is 0 Å². The highest BCUT2D eigenvalue weighted by Gasteiger charge is 2.32. The molecule has 0 aliphatic rings. The maximum Gasteiger partial charge on any atom is 0.573 e. The molecule has 1 aromatic heterocycles. The van der Waals surface area contributed by atoms with Crippen LogP contribution < -0.4 is 4.74 Å². The Hall–Kier alpha value is -3.29. The van der Waals surface area contributed by atoms with E-state index in [0.717, 1.165) is 0 Å². The maximum atomic E-state index is 12.6. The van der Waals surface area contributed by atoms with Gasteiger partial charge in [-0.05, 0) is 17.7 Å². The third-order valence-electron chi connectivity index (χ3n) is 3.45. The number of para-hydroxylation sites is 1. The molecule has 0 N–H and O–H groups in total. The lowest BCUT2D eigenvalue weighted by molar-refractivity contribution is -0.274. The van der Waals surface area contributed by atoms with E-state index in [-0.39, 0.29) is 17.2 Å². The number of benzene rings is 2. The fraction of sp³-hybridized carbons (Fsp3) is 0.111. The summed E-state index contributed by atoms with van der Waals surface area (Å²) in [6, 6.07) is 12.4. The lowest BCUT2D eigenvalue weighted by Gasteiger charge is -2.13. The molecule has 1 heterocycles. The number of halogens is 3. The molecule has 0 saturated carbocycles. The van der Waals surface area contributed by atoms with E-state index in [1.807, 2.05) is 0 Å². The Labute approximate surface area is 146 Å². The van der Waals surface area contributed by atoms with Crippen molar-refractivity contribution in [2.45, 2.75) is 6.36 Å².